The van der Waals surface area contributed by atoms with Gasteiger partial charge in [-0.3, -0.25) is 15.6 Å². The maximum absolute atomic E-state index is 10.7. The molecule has 2 atom stereocenters. The Labute approximate surface area is 132 Å². The van der Waals surface area contributed by atoms with Crippen molar-refractivity contribution in [1.82, 2.24) is 10.9 Å². The summed E-state index contributed by atoms with van der Waals surface area (Å²) < 4.78 is 0. The highest BCUT2D eigenvalue weighted by atomic mass is 16.4. The monoisotopic (exact) mass is 305 g/mol. The molecule has 1 heterocycles. The first kappa shape index (κ1) is 16.8. The zero-order valence-electron chi connectivity index (χ0n) is 13.6. The van der Waals surface area contributed by atoms with Gasteiger partial charge in [0.15, 0.2) is 0 Å². The highest BCUT2D eigenvalue weighted by molar-refractivity contribution is 5.67. The molecule has 2 rings (SSSR count). The second kappa shape index (κ2) is 7.11. The van der Waals surface area contributed by atoms with Crippen molar-refractivity contribution < 1.29 is 9.90 Å². The molecule has 0 amide bonds. The van der Waals surface area contributed by atoms with Crippen LogP contribution in [0.5, 0.6) is 0 Å². The average molecular weight is 305 g/mol. The number of carbonyl (C=O) groups is 1. The van der Waals surface area contributed by atoms with Gasteiger partial charge in [-0.2, -0.15) is 0 Å². The molecule has 122 valence electrons. The quantitative estimate of drug-likeness (QED) is 0.649. The van der Waals surface area contributed by atoms with Crippen LogP contribution in [0.3, 0.4) is 0 Å². The number of nitrogens with one attached hydrogen (secondary N) is 3. The number of anilines is 1. The van der Waals surface area contributed by atoms with Crippen molar-refractivity contribution in [2.75, 3.05) is 18.4 Å². The molecule has 5 heteroatoms. The van der Waals surface area contributed by atoms with Crippen LogP contribution >= 0.6 is 0 Å². The number of rotatable bonds is 6. The summed E-state index contributed by atoms with van der Waals surface area (Å²) >= 11 is 0. The minimum absolute atomic E-state index is 0.173. The van der Waals surface area contributed by atoms with E-state index in [1.54, 1.807) is 0 Å². The van der Waals surface area contributed by atoms with Crippen LogP contribution in [-0.2, 0) is 11.2 Å². The van der Waals surface area contributed by atoms with Crippen molar-refractivity contribution >= 4 is 11.7 Å². The van der Waals surface area contributed by atoms with Gasteiger partial charge in [0.2, 0.25) is 0 Å². The lowest BCUT2D eigenvalue weighted by Crippen LogP contribution is -2.43. The van der Waals surface area contributed by atoms with Crippen LogP contribution in [-0.4, -0.2) is 30.2 Å². The average Bonchev–Trinajstić information content (AvgIpc) is 2.92. The van der Waals surface area contributed by atoms with Gasteiger partial charge in [-0.25, -0.2) is 0 Å². The molecule has 0 aromatic heterocycles. The first-order valence-electron chi connectivity index (χ1n) is 7.89. The van der Waals surface area contributed by atoms with Crippen molar-refractivity contribution in [2.45, 2.75) is 39.7 Å². The van der Waals surface area contributed by atoms with E-state index in [4.69, 9.17) is 5.11 Å². The normalized spacial score (nSPS) is 21.8. The van der Waals surface area contributed by atoms with Gasteiger partial charge in [0.25, 0.3) is 0 Å². The van der Waals surface area contributed by atoms with Crippen molar-refractivity contribution in [3.8, 4) is 0 Å². The molecule has 1 aromatic carbocycles. The molecule has 0 spiro atoms. The van der Waals surface area contributed by atoms with E-state index < -0.39 is 5.97 Å². The van der Waals surface area contributed by atoms with Gasteiger partial charge in [-0.1, -0.05) is 32.9 Å². The highest BCUT2D eigenvalue weighted by Crippen LogP contribution is 2.27. The fourth-order valence-corrected chi connectivity index (χ4v) is 2.99. The molecule has 22 heavy (non-hydrogen) atoms. The molecule has 1 aliphatic heterocycles. The zero-order valence-corrected chi connectivity index (χ0v) is 13.6. The number of benzene rings is 1. The van der Waals surface area contributed by atoms with Gasteiger partial charge in [-0.05, 0) is 29.5 Å². The molecule has 0 aliphatic carbocycles. The molecule has 4 N–H and O–H groups in total. The number of aliphatic carboxylic acids is 1. The number of hydrogen-bond acceptors (Lipinski definition) is 4. The second-order valence-corrected chi connectivity index (χ2v) is 7.10. The molecular weight excluding hydrogens is 278 g/mol. The van der Waals surface area contributed by atoms with Crippen LogP contribution in [0.15, 0.2) is 24.3 Å². The number of hydrogen-bond donors (Lipinski definition) is 4. The summed E-state index contributed by atoms with van der Waals surface area (Å²) in [5, 5.41) is 12.3. The number of aryl methyl sites for hydroxylation is 1. The zero-order chi connectivity index (χ0) is 16.2. The van der Waals surface area contributed by atoms with Crippen LogP contribution in [0, 0.1) is 11.3 Å². The Bertz CT molecular complexity index is 511. The summed E-state index contributed by atoms with van der Waals surface area (Å²) in [6, 6.07) is 8.46. The number of carboxylic acid groups (broad SMARTS) is 1. The summed E-state index contributed by atoms with van der Waals surface area (Å²) in [6.45, 7) is 8.59. The molecule has 5 nitrogen and oxygen atoms in total. The van der Waals surface area contributed by atoms with Crippen LogP contribution in [0.1, 0.15) is 32.8 Å². The van der Waals surface area contributed by atoms with Crippen LogP contribution < -0.4 is 16.2 Å². The number of carboxylic acids is 1. The summed E-state index contributed by atoms with van der Waals surface area (Å²) in [4.78, 5) is 10.7. The predicted molar refractivity (Wildman–Crippen MR) is 88.8 cm³/mol. The Hall–Kier alpha value is -1.59. The lowest BCUT2D eigenvalue weighted by molar-refractivity contribution is -0.136. The topological polar surface area (TPSA) is 73.4 Å². The van der Waals surface area contributed by atoms with Gasteiger partial charge >= 0.3 is 5.97 Å². The van der Waals surface area contributed by atoms with Crippen molar-refractivity contribution in [2.24, 2.45) is 11.3 Å². The van der Waals surface area contributed by atoms with Crippen molar-refractivity contribution in [3.63, 3.8) is 0 Å². The fourth-order valence-electron chi connectivity index (χ4n) is 2.99. The molecule has 1 saturated heterocycles. The van der Waals surface area contributed by atoms with E-state index >= 15 is 0 Å². The van der Waals surface area contributed by atoms with Crippen LogP contribution in [0.2, 0.25) is 0 Å². The summed E-state index contributed by atoms with van der Waals surface area (Å²) in [6.07, 6.45) is 0.744. The van der Waals surface area contributed by atoms with E-state index in [1.165, 1.54) is 0 Å². The van der Waals surface area contributed by atoms with Gasteiger partial charge < -0.3 is 10.4 Å². The van der Waals surface area contributed by atoms with E-state index in [-0.39, 0.29) is 11.8 Å². The third-order valence-corrected chi connectivity index (χ3v) is 4.15. The second-order valence-electron chi connectivity index (χ2n) is 7.10. The Balaban J connectivity index is 1.91. The Morgan fingerprint density at radius 1 is 1.41 bits per heavy atom. The van der Waals surface area contributed by atoms with Gasteiger partial charge in [0.05, 0.1) is 0 Å². The Morgan fingerprint density at radius 2 is 2.18 bits per heavy atom. The minimum Gasteiger partial charge on any atom is -0.481 e. The van der Waals surface area contributed by atoms with Crippen LogP contribution in [0.25, 0.3) is 0 Å². The largest absolute Gasteiger partial charge is 0.481 e. The highest BCUT2D eigenvalue weighted by Gasteiger charge is 2.35. The first-order valence-corrected chi connectivity index (χ1v) is 7.89. The predicted octanol–water partition coefficient (Wildman–Crippen LogP) is 2.25. The molecule has 1 fully saturated rings. The van der Waals surface area contributed by atoms with Gasteiger partial charge in [0.1, 0.15) is 0 Å². The first-order chi connectivity index (χ1) is 10.4. The molecule has 0 radical (unpaired) electrons. The van der Waals surface area contributed by atoms with E-state index in [1.807, 2.05) is 24.3 Å². The maximum atomic E-state index is 10.7. The van der Waals surface area contributed by atoms with Crippen molar-refractivity contribution in [1.29, 1.82) is 0 Å². The minimum atomic E-state index is -0.755. The van der Waals surface area contributed by atoms with Gasteiger partial charge in [0, 0.05) is 37.2 Å². The molecule has 1 aliphatic rings. The lowest BCUT2D eigenvalue weighted by Gasteiger charge is -2.31. The smallest absolute Gasteiger partial charge is 0.303 e. The Morgan fingerprint density at radius 3 is 2.86 bits per heavy atom. The molecule has 2 unspecified atom stereocenters. The maximum Gasteiger partial charge on any atom is 0.303 e. The fraction of sp³-hybridized carbons (Fsp3) is 0.588. The standard InChI is InChI=1S/C17H27N3O2/c1-17(2,3)16-13(11-19-20-16)10-18-14-6-4-5-12(9-14)7-8-15(21)22/h4-6,9,13,16,18-20H,7-8,10-11H2,1-3H3,(H,21,22). The molecule has 1 aromatic rings. The Kier molecular flexibility index (Phi) is 5.42. The van der Waals surface area contributed by atoms with E-state index in [9.17, 15) is 4.79 Å². The summed E-state index contributed by atoms with van der Waals surface area (Å²) in [5.41, 5.74) is 8.95. The lowest BCUT2D eigenvalue weighted by atomic mass is 9.80. The summed E-state index contributed by atoms with van der Waals surface area (Å²) in [5.74, 6) is -0.239. The van der Waals surface area contributed by atoms with Crippen LogP contribution in [0.4, 0.5) is 5.69 Å². The van der Waals surface area contributed by atoms with E-state index in [2.05, 4.69) is 36.9 Å². The number of hydrazine groups is 1. The molecule has 0 bridgehead atoms. The third-order valence-electron chi connectivity index (χ3n) is 4.15. The van der Waals surface area contributed by atoms with Crippen molar-refractivity contribution in [3.05, 3.63) is 29.8 Å². The third kappa shape index (κ3) is 4.71. The van der Waals surface area contributed by atoms with E-state index in [0.717, 1.165) is 24.3 Å². The van der Waals surface area contributed by atoms with E-state index in [0.29, 0.717) is 18.4 Å². The molecular formula is C17H27N3O2. The molecule has 0 saturated carbocycles. The van der Waals surface area contributed by atoms with Gasteiger partial charge in [-0.15, -0.1) is 0 Å². The summed E-state index contributed by atoms with van der Waals surface area (Å²) in [7, 11) is 0. The SMILES string of the molecule is CC(C)(C)C1NNCC1CNc1cccc(CCC(=O)O)c1.